The van der Waals surface area contributed by atoms with Gasteiger partial charge in [-0.05, 0) is 151 Å². The number of carbonyl (C=O) groups is 3. The van der Waals surface area contributed by atoms with Crippen LogP contribution in [0.1, 0.15) is 154 Å². The zero-order chi connectivity index (χ0) is 105. The van der Waals surface area contributed by atoms with Crippen LogP contribution in [0.2, 0.25) is 0 Å². The highest BCUT2D eigenvalue weighted by Crippen LogP contribution is 2.58. The molecule has 55 heteroatoms. The largest absolute Gasteiger partial charge is 0.481 e. The summed E-state index contributed by atoms with van der Waals surface area (Å²) in [6.45, 7) is 18.4. The summed E-state index contributed by atoms with van der Waals surface area (Å²) in [7, 11) is 1.48. The fourth-order valence-corrected chi connectivity index (χ4v) is 24.9. The summed E-state index contributed by atoms with van der Waals surface area (Å²) in [6, 6.07) is 16.7. The number of anilines is 3. The number of hydrogen-bond donors (Lipinski definition) is 10. The van der Waals surface area contributed by atoms with E-state index in [0.717, 1.165) is 26.4 Å². The van der Waals surface area contributed by atoms with Gasteiger partial charge in [-0.25, -0.2) is 87.3 Å². The number of carbonyl (C=O) groups excluding carboxylic acids is 2. The maximum atomic E-state index is 14.7. The Hall–Kier alpha value is -11.3. The molecule has 16 atom stereocenters. The number of aliphatic carboxylic acids is 1. The van der Waals surface area contributed by atoms with Crippen LogP contribution in [0.5, 0.6) is 0 Å². The number of aromatic nitrogens is 18. The molecule has 2 aromatic carbocycles. The van der Waals surface area contributed by atoms with Crippen molar-refractivity contribution in [2.75, 3.05) is 177 Å². The van der Waals surface area contributed by atoms with Crippen molar-refractivity contribution in [2.45, 2.75) is 162 Å². The SMILES string of the molecule is C.CC(=O)O.CC1CCCO1.CC[C@H]1CC(n2cc(C)c(=O)[nH]c2=O)CN(P(=O)(OC[C@@H]2CN(C)CC(n3cnc4c(NC(=O)c5ccccc5)ncnc43)O2)N(C)C)C1.CC[C@H]1CC(n2cc(C)c(=O)[nH]c2=O)CN(P(=O)(OC[C@@H]2CNCC(n3cnc4c(NC(=O)c5ccccc5)ncnc43)O2)N(C)C)C1.Cc1cn(C2C[C@H](CO)CN([P@@](=O)(OC[C@@H]3CNCC(n4cnc5c(N)ncnc54)O3)N(C)C)C2)c(=O)[nH]c1=O.S. The van der Waals surface area contributed by atoms with Crippen LogP contribution in [-0.4, -0.2) is 333 Å². The van der Waals surface area contributed by atoms with E-state index < -0.39 is 106 Å². The Labute approximate surface area is 866 Å². The second kappa shape index (κ2) is 52.2. The lowest BCUT2D eigenvalue weighted by Crippen LogP contribution is -2.47. The van der Waals surface area contributed by atoms with Gasteiger partial charge >= 0.3 is 40.1 Å². The number of likely N-dealkylation sites (N-methyl/N-ethyl adjacent to an activating group) is 1. The number of nitrogens with one attached hydrogen (secondary N) is 7. The maximum absolute atomic E-state index is 14.7. The number of H-pyrrole nitrogens is 3. The summed E-state index contributed by atoms with van der Waals surface area (Å²) in [4.78, 5) is 157. The highest BCUT2D eigenvalue weighted by molar-refractivity contribution is 7.59. The number of hydrogen-bond acceptors (Lipinski definition) is 33. The van der Waals surface area contributed by atoms with Crippen molar-refractivity contribution < 1.29 is 70.8 Å². The number of aliphatic hydroxyl groups excluding tert-OH is 1. The average Bonchev–Trinajstić information content (AvgIpc) is 1.25. The van der Waals surface area contributed by atoms with E-state index in [1.54, 1.807) is 180 Å². The zero-order valence-electron chi connectivity index (χ0n) is 85.4. The van der Waals surface area contributed by atoms with E-state index in [2.05, 4.69) is 107 Å². The molecular weight excluding hydrogens is 2010 g/mol. The quantitative estimate of drug-likeness (QED) is 0.0236. The molecule has 7 saturated heterocycles. The molecule has 9 unspecified atom stereocenters. The lowest BCUT2D eigenvalue weighted by Gasteiger charge is -2.43. The number of carboxylic acid groups (broad SMARTS) is 1. The molecule has 16 heterocycles. The minimum atomic E-state index is -3.60. The molecule has 9 aromatic heterocycles. The number of benzene rings is 2. The second-order valence-electron chi connectivity index (χ2n) is 38.1. The number of amides is 2. The Bertz CT molecular complexity index is 6920. The molecule has 812 valence electrons. The van der Waals surface area contributed by atoms with Gasteiger partial charge in [0, 0.05) is 145 Å². The van der Waals surface area contributed by atoms with Gasteiger partial charge in [-0.15, -0.1) is 0 Å². The second-order valence-corrected chi connectivity index (χ2v) is 45.9. The molecule has 11 aromatic rings. The van der Waals surface area contributed by atoms with Crippen LogP contribution in [0.3, 0.4) is 0 Å². The lowest BCUT2D eigenvalue weighted by atomic mass is 9.93. The van der Waals surface area contributed by atoms with Crippen molar-refractivity contribution in [1.29, 1.82) is 0 Å². The van der Waals surface area contributed by atoms with E-state index in [4.69, 9.17) is 48.2 Å². The number of imidazole rings is 3. The van der Waals surface area contributed by atoms with Crippen molar-refractivity contribution >= 4 is 105 Å². The van der Waals surface area contributed by atoms with Gasteiger partial charge in [0.25, 0.3) is 34.5 Å². The van der Waals surface area contributed by atoms with Crippen LogP contribution in [0.4, 0.5) is 17.5 Å². The Morgan fingerprint density at radius 3 is 1.21 bits per heavy atom. The number of nitrogen functional groups attached to an aromatic ring is 1. The molecule has 0 spiro atoms. The van der Waals surface area contributed by atoms with Crippen molar-refractivity contribution in [3.8, 4) is 0 Å². The topological polar surface area (TPSA) is 600 Å². The van der Waals surface area contributed by atoms with Crippen molar-refractivity contribution in [1.82, 2.24) is 131 Å². The summed E-state index contributed by atoms with van der Waals surface area (Å²) in [5, 5.41) is 29.8. The van der Waals surface area contributed by atoms with Gasteiger partial charge in [0.05, 0.1) is 81.3 Å². The number of rotatable bonds is 28. The fraction of sp³-hybridized carbons (Fsp3) is 0.553. The van der Waals surface area contributed by atoms with Crippen molar-refractivity contribution in [3.05, 3.63) is 208 Å². The first-order valence-electron chi connectivity index (χ1n) is 48.8. The summed E-state index contributed by atoms with van der Waals surface area (Å²) >= 11 is 0. The van der Waals surface area contributed by atoms with Gasteiger partial charge in [0.2, 0.25) is 0 Å². The predicted molar refractivity (Wildman–Crippen MR) is 563 cm³/mol. The number of aryl methyl sites for hydroxylation is 3. The van der Waals surface area contributed by atoms with E-state index in [0.29, 0.717) is 159 Å². The molecule has 2 amide bonds. The Balaban J connectivity index is 0.000000188. The number of morpholine rings is 3. The summed E-state index contributed by atoms with van der Waals surface area (Å²) in [5.74, 6) is -0.529. The maximum Gasteiger partial charge on any atom is 0.345 e. The zero-order valence-corrected chi connectivity index (χ0v) is 89.0. The molecule has 11 N–H and O–H groups in total. The predicted octanol–water partition coefficient (Wildman–Crippen LogP) is 6.43. The molecule has 18 rings (SSSR count). The third-order valence-electron chi connectivity index (χ3n) is 26.5. The number of aliphatic hydroxyl groups is 1. The number of fused-ring (bicyclic) bond motifs is 3. The monoisotopic (exact) mass is 2150 g/mol. The van der Waals surface area contributed by atoms with Gasteiger partial charge in [-0.3, -0.25) is 89.7 Å². The smallest absolute Gasteiger partial charge is 0.345 e. The molecule has 7 aliphatic rings. The van der Waals surface area contributed by atoms with Crippen LogP contribution in [-0.2, 0) is 51.0 Å². The van der Waals surface area contributed by atoms with E-state index in [1.165, 1.54) is 47.3 Å². The number of ether oxygens (including phenoxy) is 4. The minimum absolute atomic E-state index is 0. The van der Waals surface area contributed by atoms with Crippen LogP contribution in [0.25, 0.3) is 33.5 Å². The van der Waals surface area contributed by atoms with Crippen LogP contribution in [0.15, 0.2) is 146 Å². The first-order valence-corrected chi connectivity index (χ1v) is 53.3. The fourth-order valence-electron chi connectivity index (χ4n) is 18.7. The number of nitrogens with zero attached hydrogens (tertiary/aromatic N) is 22. The average molecular weight is 2150 g/mol. The third-order valence-corrected chi connectivity index (χ3v) is 34.1. The Kier molecular flexibility index (Phi) is 40.7. The summed E-state index contributed by atoms with van der Waals surface area (Å²) in [6.07, 6.45) is 17.4. The van der Waals surface area contributed by atoms with Gasteiger partial charge in [0.15, 0.2) is 45.4 Å². The number of piperidine rings is 3. The van der Waals surface area contributed by atoms with Crippen LogP contribution >= 0.6 is 36.5 Å². The van der Waals surface area contributed by atoms with Gasteiger partial charge in [-0.1, -0.05) is 70.5 Å². The van der Waals surface area contributed by atoms with E-state index in [1.807, 2.05) is 28.5 Å². The molecule has 7 fully saturated rings. The van der Waals surface area contributed by atoms with Gasteiger partial charge in [-0.2, -0.15) is 13.5 Å². The molecule has 51 nitrogen and oxygen atoms in total. The number of nitrogens with two attached hydrogens (primary N) is 1. The molecule has 7 aliphatic heterocycles. The van der Waals surface area contributed by atoms with Crippen LogP contribution < -0.4 is 60.7 Å². The highest BCUT2D eigenvalue weighted by atomic mass is 32.1. The Morgan fingerprint density at radius 1 is 0.490 bits per heavy atom. The van der Waals surface area contributed by atoms with Crippen LogP contribution in [0, 0.1) is 38.5 Å². The molecular formula is C94H139N30O21P3S. The van der Waals surface area contributed by atoms with E-state index in [-0.39, 0.29) is 113 Å². The number of carboxylic acids is 1. The highest BCUT2D eigenvalue weighted by Gasteiger charge is 2.47. The van der Waals surface area contributed by atoms with E-state index >= 15 is 0 Å². The molecule has 0 saturated carbocycles. The third kappa shape index (κ3) is 28.2. The Morgan fingerprint density at radius 2 is 0.846 bits per heavy atom. The van der Waals surface area contributed by atoms with E-state index in [9.17, 15) is 57.2 Å². The first kappa shape index (κ1) is 116. The lowest BCUT2D eigenvalue weighted by molar-refractivity contribution is -0.134. The summed E-state index contributed by atoms with van der Waals surface area (Å²) < 4.78 is 107. The molecule has 0 bridgehead atoms. The number of aromatic amines is 3. The summed E-state index contributed by atoms with van der Waals surface area (Å²) in [5.41, 5.74) is 8.24. The normalized spacial score (nSPS) is 23.7. The van der Waals surface area contributed by atoms with Gasteiger partial charge < -0.3 is 69.7 Å². The standard InChI is InChI=1S/C32H43N10O6P.C31H41N10O6P.C23H35N10O6P.C5H10O.C2H4O2.CH4.H2S/c1-6-22-12-24(41-13-21(2)30(43)37-32(41)45)15-40(14-22)49(46,38(3)4)47-18-25-16-39(5)17-26(48-25)42-20-35-27-28(33-19-34-29(27)42)36-31(44)23-10-8-7-9-11-23;1-5-21-11-23(40-14-20(2)29(42)37-31(40)44)16-39(15-21)48(45,38(3)4)46-17-24-12-32-13-25(47-24)41-19-35-26-27(33-18-34-28(26)41)36-30(43)22-9-7-6-8-10-22;1-14-7-32(23(36)29-22(14)35)16-4-15(10-34)8-31(9-16)40(37,30(2)3)38-11-17-5-25-6-18(39-17)33-13-28-19-20(24)26-12-27-21(19)33;1-5-3-2-4-6-5;1-2(3)4;;/h7-11,13,19-20,22,24-26H,6,12,14-18H2,1-5H3,(H,37,43,45)(H,33,34,36,44);6-10,14,18-19,21,23-25,32H,5,11-13,15-17H2,1-4H3,(H,37,42,44)(H,33,34,36,43);7,12-13,15-18,25,34H,4-6,8-11H2,1-3H3,(H2,24,26,27)(H,29,35,36);5H,2-4H2,1H3;1H3,(H,3,4);1H4;1H2/t22-,24?,25-,26?,49?;21-,23?,24-,25?,48?;15-,16?,17-,18?,40-;;;;/m000..../s1. The van der Waals surface area contributed by atoms with Crippen molar-refractivity contribution in [3.63, 3.8) is 0 Å². The van der Waals surface area contributed by atoms with Crippen molar-refractivity contribution in [2.24, 2.45) is 17.8 Å². The molecule has 0 radical (unpaired) electrons. The van der Waals surface area contributed by atoms with Gasteiger partial charge in [0.1, 0.15) is 43.2 Å². The first-order chi connectivity index (χ1) is 70.3. The minimum Gasteiger partial charge on any atom is -0.481 e. The molecule has 0 aliphatic carbocycles. The molecule has 149 heavy (non-hydrogen) atoms.